The minimum atomic E-state index is -0.733. The number of nitrogens with zero attached hydrogens (tertiary/aromatic N) is 1. The quantitative estimate of drug-likeness (QED) is 0.664. The second kappa shape index (κ2) is 10.4. The SMILES string of the molecule is COC(=O)C1N=C(c2ccccc2)OC1c1ccccc1CN.Cc1ccccc1. The Hall–Kier alpha value is -3.44. The number of carbonyl (C=O) groups excluding carboxylic acids is 1. The largest absolute Gasteiger partial charge is 0.467 e. The number of carbonyl (C=O) groups is 1. The van der Waals surface area contributed by atoms with Crippen LogP contribution in [0.2, 0.25) is 0 Å². The summed E-state index contributed by atoms with van der Waals surface area (Å²) in [5.74, 6) is 0.0191. The third-order valence-electron chi connectivity index (χ3n) is 4.77. The van der Waals surface area contributed by atoms with Crippen molar-refractivity contribution < 1.29 is 14.3 Å². The van der Waals surface area contributed by atoms with Crippen LogP contribution in [0, 0.1) is 6.92 Å². The van der Waals surface area contributed by atoms with Crippen LogP contribution in [0.25, 0.3) is 0 Å². The van der Waals surface area contributed by atoms with E-state index < -0.39 is 18.1 Å². The van der Waals surface area contributed by atoms with Gasteiger partial charge in [0.05, 0.1) is 7.11 Å². The Morgan fingerprint density at radius 2 is 1.57 bits per heavy atom. The van der Waals surface area contributed by atoms with Crippen LogP contribution < -0.4 is 5.73 Å². The second-order valence-corrected chi connectivity index (χ2v) is 6.86. The lowest BCUT2D eigenvalue weighted by atomic mass is 9.97. The van der Waals surface area contributed by atoms with E-state index in [9.17, 15) is 4.79 Å². The summed E-state index contributed by atoms with van der Waals surface area (Å²) in [7, 11) is 1.35. The average molecular weight is 402 g/mol. The van der Waals surface area contributed by atoms with E-state index in [0.717, 1.165) is 16.7 Å². The molecule has 0 radical (unpaired) electrons. The highest BCUT2D eigenvalue weighted by molar-refractivity contribution is 5.98. The van der Waals surface area contributed by atoms with Gasteiger partial charge in [0.15, 0.2) is 12.1 Å². The highest BCUT2D eigenvalue weighted by atomic mass is 16.5. The topological polar surface area (TPSA) is 73.9 Å². The van der Waals surface area contributed by atoms with Gasteiger partial charge in [0.25, 0.3) is 0 Å². The fourth-order valence-corrected chi connectivity index (χ4v) is 3.20. The van der Waals surface area contributed by atoms with E-state index in [1.165, 1.54) is 12.7 Å². The predicted molar refractivity (Wildman–Crippen MR) is 118 cm³/mol. The molecular formula is C25H26N2O3. The molecule has 1 aliphatic rings. The molecule has 0 aliphatic carbocycles. The summed E-state index contributed by atoms with van der Waals surface area (Å²) < 4.78 is 10.9. The molecule has 0 aromatic heterocycles. The molecule has 5 nitrogen and oxygen atoms in total. The number of ether oxygens (including phenoxy) is 2. The Kier molecular flexibility index (Phi) is 7.35. The van der Waals surface area contributed by atoms with Gasteiger partial charge in [-0.2, -0.15) is 0 Å². The molecule has 2 atom stereocenters. The van der Waals surface area contributed by atoms with Gasteiger partial charge < -0.3 is 15.2 Å². The van der Waals surface area contributed by atoms with Gasteiger partial charge >= 0.3 is 5.97 Å². The molecule has 3 aromatic carbocycles. The first-order valence-electron chi connectivity index (χ1n) is 9.81. The molecular weight excluding hydrogens is 376 g/mol. The Labute approximate surface area is 177 Å². The number of hydrogen-bond donors (Lipinski definition) is 1. The standard InChI is InChI=1S/C18H18N2O3.C7H8/c1-22-18(21)15-16(14-10-6-5-9-13(14)11-19)23-17(20-15)12-7-3-2-4-8-12;1-7-5-3-2-4-6-7/h2-10,15-16H,11,19H2,1H3;2-6H,1H3. The second-order valence-electron chi connectivity index (χ2n) is 6.86. The first-order chi connectivity index (χ1) is 14.6. The van der Waals surface area contributed by atoms with Crippen LogP contribution in [0.5, 0.6) is 0 Å². The Morgan fingerprint density at radius 1 is 0.967 bits per heavy atom. The fraction of sp³-hybridized carbons (Fsp3) is 0.200. The van der Waals surface area contributed by atoms with Crippen molar-refractivity contribution in [1.29, 1.82) is 0 Å². The number of benzene rings is 3. The summed E-state index contributed by atoms with van der Waals surface area (Å²) in [6, 6.07) is 26.7. The van der Waals surface area contributed by atoms with Crippen LogP contribution in [0.15, 0.2) is 89.9 Å². The van der Waals surface area contributed by atoms with Crippen LogP contribution >= 0.6 is 0 Å². The Bertz CT molecular complexity index is 988. The fourth-order valence-electron chi connectivity index (χ4n) is 3.20. The number of aryl methyl sites for hydroxylation is 1. The number of nitrogens with two attached hydrogens (primary N) is 1. The molecule has 0 saturated carbocycles. The lowest BCUT2D eigenvalue weighted by Crippen LogP contribution is -2.26. The average Bonchev–Trinajstić information content (AvgIpc) is 3.25. The zero-order valence-electron chi connectivity index (χ0n) is 17.2. The third kappa shape index (κ3) is 5.13. The van der Waals surface area contributed by atoms with E-state index in [2.05, 4.69) is 24.0 Å². The molecule has 2 unspecified atom stereocenters. The van der Waals surface area contributed by atoms with Crippen molar-refractivity contribution in [1.82, 2.24) is 0 Å². The van der Waals surface area contributed by atoms with Crippen molar-refractivity contribution >= 4 is 11.9 Å². The van der Waals surface area contributed by atoms with E-state index in [-0.39, 0.29) is 0 Å². The molecule has 0 bridgehead atoms. The first-order valence-corrected chi connectivity index (χ1v) is 9.81. The minimum absolute atomic E-state index is 0.366. The van der Waals surface area contributed by atoms with Gasteiger partial charge in [0.2, 0.25) is 5.90 Å². The van der Waals surface area contributed by atoms with E-state index in [1.54, 1.807) is 0 Å². The number of rotatable bonds is 4. The van der Waals surface area contributed by atoms with Crippen molar-refractivity contribution in [3.63, 3.8) is 0 Å². The predicted octanol–water partition coefficient (Wildman–Crippen LogP) is 4.20. The zero-order chi connectivity index (χ0) is 21.3. The summed E-state index contributed by atoms with van der Waals surface area (Å²) in [5.41, 5.74) is 9.75. The smallest absolute Gasteiger partial charge is 0.335 e. The third-order valence-corrected chi connectivity index (χ3v) is 4.77. The van der Waals surface area contributed by atoms with Crippen molar-refractivity contribution in [3.05, 3.63) is 107 Å². The van der Waals surface area contributed by atoms with Crippen LogP contribution in [-0.4, -0.2) is 25.0 Å². The van der Waals surface area contributed by atoms with E-state index in [1.807, 2.05) is 72.8 Å². The van der Waals surface area contributed by atoms with Crippen LogP contribution in [0.1, 0.15) is 28.4 Å². The van der Waals surface area contributed by atoms with Gasteiger partial charge in [-0.3, -0.25) is 0 Å². The maximum atomic E-state index is 12.1. The Morgan fingerprint density at radius 3 is 2.13 bits per heavy atom. The number of aliphatic imine (C=N–C) groups is 1. The first kappa shape index (κ1) is 21.3. The van der Waals surface area contributed by atoms with Gasteiger partial charge in [-0.25, -0.2) is 9.79 Å². The van der Waals surface area contributed by atoms with Crippen molar-refractivity contribution in [2.75, 3.05) is 7.11 Å². The van der Waals surface area contributed by atoms with Gasteiger partial charge in [-0.1, -0.05) is 78.4 Å². The van der Waals surface area contributed by atoms with Crippen molar-refractivity contribution in [2.45, 2.75) is 25.6 Å². The summed E-state index contributed by atoms with van der Waals surface area (Å²) >= 11 is 0. The molecule has 4 rings (SSSR count). The molecule has 0 spiro atoms. The zero-order valence-corrected chi connectivity index (χ0v) is 17.2. The Balaban J connectivity index is 0.000000310. The molecule has 154 valence electrons. The molecule has 0 fully saturated rings. The maximum absolute atomic E-state index is 12.1. The summed E-state index contributed by atoms with van der Waals surface area (Å²) in [6.45, 7) is 2.45. The van der Waals surface area contributed by atoms with Crippen LogP contribution in [0.3, 0.4) is 0 Å². The van der Waals surface area contributed by atoms with E-state index >= 15 is 0 Å². The van der Waals surface area contributed by atoms with Gasteiger partial charge in [-0.15, -0.1) is 0 Å². The summed E-state index contributed by atoms with van der Waals surface area (Å²) in [6.07, 6.45) is -0.530. The molecule has 0 saturated heterocycles. The van der Waals surface area contributed by atoms with Crippen molar-refractivity contribution in [3.8, 4) is 0 Å². The van der Waals surface area contributed by atoms with Gasteiger partial charge in [0, 0.05) is 12.1 Å². The van der Waals surface area contributed by atoms with Crippen molar-refractivity contribution in [2.24, 2.45) is 10.7 Å². The monoisotopic (exact) mass is 402 g/mol. The van der Waals surface area contributed by atoms with Crippen LogP contribution in [-0.2, 0) is 20.8 Å². The summed E-state index contributed by atoms with van der Waals surface area (Å²) in [5, 5.41) is 0. The molecule has 5 heteroatoms. The van der Waals surface area contributed by atoms with Gasteiger partial charge in [0.1, 0.15) is 0 Å². The molecule has 30 heavy (non-hydrogen) atoms. The highest BCUT2D eigenvalue weighted by Crippen LogP contribution is 2.33. The lowest BCUT2D eigenvalue weighted by molar-refractivity contribution is -0.143. The van der Waals surface area contributed by atoms with Gasteiger partial charge in [-0.05, 0) is 30.2 Å². The van der Waals surface area contributed by atoms with E-state index in [4.69, 9.17) is 15.2 Å². The molecule has 3 aromatic rings. The molecule has 0 amide bonds. The van der Waals surface area contributed by atoms with Crippen LogP contribution in [0.4, 0.5) is 0 Å². The highest BCUT2D eigenvalue weighted by Gasteiger charge is 2.39. The minimum Gasteiger partial charge on any atom is -0.467 e. The molecule has 1 heterocycles. The molecule has 1 aliphatic heterocycles. The normalized spacial score (nSPS) is 17.2. The molecule has 2 N–H and O–H groups in total. The number of esters is 1. The number of hydrogen-bond acceptors (Lipinski definition) is 5. The number of methoxy groups -OCH3 is 1. The maximum Gasteiger partial charge on any atom is 0.335 e. The summed E-state index contributed by atoms with van der Waals surface area (Å²) in [4.78, 5) is 16.6. The van der Waals surface area contributed by atoms with E-state index in [0.29, 0.717) is 12.4 Å². The lowest BCUT2D eigenvalue weighted by Gasteiger charge is -2.19.